The van der Waals surface area contributed by atoms with Gasteiger partial charge in [-0.15, -0.1) is 0 Å². The lowest BCUT2D eigenvalue weighted by Crippen LogP contribution is -2.11. The summed E-state index contributed by atoms with van der Waals surface area (Å²) in [6.45, 7) is 3.30. The zero-order valence-corrected chi connectivity index (χ0v) is 16.5. The molecule has 29 heavy (non-hydrogen) atoms. The molecule has 0 amide bonds. The lowest BCUT2D eigenvalue weighted by atomic mass is 10.2. The maximum absolute atomic E-state index is 6.15. The molecule has 2 atom stereocenters. The topological polar surface area (TPSA) is 82.2 Å². The highest BCUT2D eigenvalue weighted by Crippen LogP contribution is 2.46. The molecular weight excluding hydrogens is 366 g/mol. The number of anilines is 1. The van der Waals surface area contributed by atoms with Crippen molar-refractivity contribution in [1.82, 2.24) is 29.4 Å². The first-order valence-electron chi connectivity index (χ1n) is 9.78. The summed E-state index contributed by atoms with van der Waals surface area (Å²) in [6, 6.07) is 7.96. The van der Waals surface area contributed by atoms with Crippen LogP contribution in [0.5, 0.6) is 5.88 Å². The Morgan fingerprint density at radius 1 is 1.21 bits per heavy atom. The zero-order chi connectivity index (χ0) is 19.8. The minimum atomic E-state index is 0.485. The molecule has 1 saturated carbocycles. The van der Waals surface area contributed by atoms with Gasteiger partial charge < -0.3 is 10.1 Å². The van der Waals surface area contributed by atoms with Gasteiger partial charge in [0, 0.05) is 55.1 Å². The van der Waals surface area contributed by atoms with Crippen LogP contribution in [0.3, 0.4) is 0 Å². The van der Waals surface area contributed by atoms with Gasteiger partial charge in [-0.05, 0) is 25.5 Å². The van der Waals surface area contributed by atoms with E-state index in [4.69, 9.17) is 4.74 Å². The number of hydrogen-bond acceptors (Lipinski definition) is 6. The van der Waals surface area contributed by atoms with Crippen molar-refractivity contribution in [3.05, 3.63) is 65.9 Å². The van der Waals surface area contributed by atoms with E-state index in [9.17, 15) is 0 Å². The summed E-state index contributed by atoms with van der Waals surface area (Å²) in [5, 5.41) is 12.1. The molecule has 1 N–H and O–H groups in total. The lowest BCUT2D eigenvalue weighted by molar-refractivity contribution is 0.284. The van der Waals surface area contributed by atoms with Crippen LogP contribution >= 0.6 is 0 Å². The highest BCUT2D eigenvalue weighted by molar-refractivity contribution is 5.57. The molecular formula is C21H23N7O. The van der Waals surface area contributed by atoms with E-state index in [1.807, 2.05) is 55.3 Å². The van der Waals surface area contributed by atoms with Crippen molar-refractivity contribution < 1.29 is 4.74 Å². The number of hydrogen-bond donors (Lipinski definition) is 1. The molecule has 0 aromatic carbocycles. The van der Waals surface area contributed by atoms with E-state index in [2.05, 4.69) is 31.5 Å². The second kappa shape index (κ2) is 7.20. The molecule has 4 aromatic rings. The summed E-state index contributed by atoms with van der Waals surface area (Å²) >= 11 is 0. The van der Waals surface area contributed by atoms with Gasteiger partial charge in [-0.3, -0.25) is 9.67 Å². The second-order valence-corrected chi connectivity index (χ2v) is 7.54. The summed E-state index contributed by atoms with van der Waals surface area (Å²) < 4.78 is 9.76. The van der Waals surface area contributed by atoms with Gasteiger partial charge in [0.05, 0.1) is 24.6 Å². The third-order valence-corrected chi connectivity index (χ3v) is 5.37. The Labute approximate surface area is 168 Å². The predicted octanol–water partition coefficient (Wildman–Crippen LogP) is 2.96. The Bertz CT molecular complexity index is 1130. The van der Waals surface area contributed by atoms with Crippen LogP contribution < -0.4 is 10.1 Å². The molecule has 0 bridgehead atoms. The summed E-state index contributed by atoms with van der Waals surface area (Å²) in [6.07, 6.45) is 8.55. The van der Waals surface area contributed by atoms with E-state index < -0.39 is 0 Å². The predicted molar refractivity (Wildman–Crippen MR) is 109 cm³/mol. The molecule has 5 rings (SSSR count). The molecule has 4 aromatic heterocycles. The maximum atomic E-state index is 6.15. The van der Waals surface area contributed by atoms with Gasteiger partial charge in [0.25, 0.3) is 0 Å². The number of aromatic nitrogens is 6. The molecule has 148 valence electrons. The van der Waals surface area contributed by atoms with Gasteiger partial charge in [0.1, 0.15) is 5.82 Å². The number of ether oxygens (including phenoxy) is 1. The minimum absolute atomic E-state index is 0.485. The van der Waals surface area contributed by atoms with Crippen molar-refractivity contribution in [3.63, 3.8) is 0 Å². The summed E-state index contributed by atoms with van der Waals surface area (Å²) in [5.74, 6) is 2.51. The third-order valence-electron chi connectivity index (χ3n) is 5.37. The molecule has 0 radical (unpaired) electrons. The number of rotatable bonds is 7. The number of pyridine rings is 1. The lowest BCUT2D eigenvalue weighted by Gasteiger charge is -2.15. The van der Waals surface area contributed by atoms with Gasteiger partial charge >= 0.3 is 0 Å². The molecule has 1 aliphatic carbocycles. The summed E-state index contributed by atoms with van der Waals surface area (Å²) in [7, 11) is 1.91. The van der Waals surface area contributed by atoms with Crippen molar-refractivity contribution in [2.45, 2.75) is 25.8 Å². The monoisotopic (exact) mass is 389 g/mol. The van der Waals surface area contributed by atoms with Crippen molar-refractivity contribution in [3.8, 4) is 5.88 Å². The quantitative estimate of drug-likeness (QED) is 0.523. The molecule has 8 nitrogen and oxygen atoms in total. The maximum Gasteiger partial charge on any atom is 0.222 e. The van der Waals surface area contributed by atoms with Crippen LogP contribution in [-0.2, 0) is 13.6 Å². The van der Waals surface area contributed by atoms with E-state index in [-0.39, 0.29) is 0 Å². The summed E-state index contributed by atoms with van der Waals surface area (Å²) in [4.78, 5) is 9.13. The van der Waals surface area contributed by atoms with Crippen LogP contribution in [-0.4, -0.2) is 36.0 Å². The molecule has 0 saturated heterocycles. The Morgan fingerprint density at radius 3 is 2.93 bits per heavy atom. The van der Waals surface area contributed by atoms with Crippen molar-refractivity contribution in [1.29, 1.82) is 0 Å². The van der Waals surface area contributed by atoms with E-state index in [0.717, 1.165) is 34.7 Å². The van der Waals surface area contributed by atoms with Crippen LogP contribution in [0.4, 0.5) is 5.82 Å². The Kier molecular flexibility index (Phi) is 4.38. The van der Waals surface area contributed by atoms with Crippen LogP contribution in [0.15, 0.2) is 49.1 Å². The number of nitrogens with zero attached hydrogens (tertiary/aromatic N) is 6. The first kappa shape index (κ1) is 17.7. The number of fused-ring (bicyclic) bond motifs is 1. The third kappa shape index (κ3) is 3.53. The van der Waals surface area contributed by atoms with Gasteiger partial charge in [0.2, 0.25) is 5.88 Å². The van der Waals surface area contributed by atoms with E-state index in [0.29, 0.717) is 30.9 Å². The van der Waals surface area contributed by atoms with Gasteiger partial charge in [-0.2, -0.15) is 19.7 Å². The molecule has 0 spiro atoms. The standard InChI is InChI=1S/C21H23N7O/c1-14-20(23-10-15-11-25-27(2)12-15)28-19(6-8-24-28)26-21(14)29-13-16-9-17(16)18-5-3-4-7-22-18/h3-8,11-12,16-17,23H,9-10,13H2,1-2H3/t16-,17+/m1/s1. The van der Waals surface area contributed by atoms with E-state index >= 15 is 0 Å². The van der Waals surface area contributed by atoms with Crippen LogP contribution in [0.1, 0.15) is 29.2 Å². The Morgan fingerprint density at radius 2 is 2.14 bits per heavy atom. The number of nitrogens with one attached hydrogen (secondary N) is 1. The van der Waals surface area contributed by atoms with Crippen LogP contribution in [0.25, 0.3) is 5.65 Å². The number of aryl methyl sites for hydroxylation is 1. The van der Waals surface area contributed by atoms with Crippen molar-refractivity contribution >= 4 is 11.5 Å². The molecule has 8 heteroatoms. The first-order valence-corrected chi connectivity index (χ1v) is 9.78. The van der Waals surface area contributed by atoms with Crippen LogP contribution in [0.2, 0.25) is 0 Å². The largest absolute Gasteiger partial charge is 0.477 e. The highest BCUT2D eigenvalue weighted by atomic mass is 16.5. The smallest absolute Gasteiger partial charge is 0.222 e. The van der Waals surface area contributed by atoms with Crippen molar-refractivity contribution in [2.75, 3.05) is 11.9 Å². The molecule has 1 fully saturated rings. The van der Waals surface area contributed by atoms with Crippen molar-refractivity contribution in [2.24, 2.45) is 13.0 Å². The average Bonchev–Trinajstić information content (AvgIpc) is 3.15. The minimum Gasteiger partial charge on any atom is -0.477 e. The fraction of sp³-hybridized carbons (Fsp3) is 0.333. The highest BCUT2D eigenvalue weighted by Gasteiger charge is 2.40. The second-order valence-electron chi connectivity index (χ2n) is 7.54. The van der Waals surface area contributed by atoms with Crippen LogP contribution in [0, 0.1) is 12.8 Å². The zero-order valence-electron chi connectivity index (χ0n) is 16.5. The van der Waals surface area contributed by atoms with E-state index in [1.54, 1.807) is 10.9 Å². The van der Waals surface area contributed by atoms with Gasteiger partial charge in [-0.25, -0.2) is 0 Å². The molecule has 0 aliphatic heterocycles. The van der Waals surface area contributed by atoms with E-state index in [1.165, 1.54) is 0 Å². The summed E-state index contributed by atoms with van der Waals surface area (Å²) in [5.41, 5.74) is 3.95. The molecule has 1 aliphatic rings. The molecule has 4 heterocycles. The molecule has 0 unspecified atom stereocenters. The average molecular weight is 389 g/mol. The fourth-order valence-electron chi connectivity index (χ4n) is 3.67. The Balaban J connectivity index is 1.32. The van der Waals surface area contributed by atoms with Gasteiger partial charge in [-0.1, -0.05) is 6.07 Å². The van der Waals surface area contributed by atoms with Gasteiger partial charge in [0.15, 0.2) is 5.65 Å². The normalized spacial score (nSPS) is 18.1. The fourth-order valence-corrected chi connectivity index (χ4v) is 3.67. The first-order chi connectivity index (χ1) is 14.2. The SMILES string of the molecule is Cc1c(OC[C@H]2C[C@@H]2c2ccccn2)nc2ccnn2c1NCc1cnn(C)c1. The Hall–Kier alpha value is -3.42.